The molecule has 0 bridgehead atoms. The lowest BCUT2D eigenvalue weighted by Gasteiger charge is -2.33. The minimum atomic E-state index is -0.525. The molecule has 0 spiro atoms. The zero-order valence-corrected chi connectivity index (χ0v) is 12.6. The van der Waals surface area contributed by atoms with Crippen LogP contribution in [0.3, 0.4) is 0 Å². The van der Waals surface area contributed by atoms with Crippen molar-refractivity contribution in [2.75, 3.05) is 13.7 Å². The monoisotopic (exact) mass is 298 g/mol. The first kappa shape index (κ1) is 15.6. The molecule has 1 aliphatic rings. The fourth-order valence-electron chi connectivity index (χ4n) is 2.28. The SMILES string of the molecule is C#CCCOC(=O)C1=C(C)N(C)C(=O)NC1c1ccccc1. The lowest BCUT2D eigenvalue weighted by molar-refractivity contribution is -0.139. The maximum absolute atomic E-state index is 12.4. The number of rotatable bonds is 4. The molecule has 5 nitrogen and oxygen atoms in total. The van der Waals surface area contributed by atoms with Gasteiger partial charge in [-0.05, 0) is 12.5 Å². The van der Waals surface area contributed by atoms with Gasteiger partial charge in [0.2, 0.25) is 0 Å². The second-order valence-corrected chi connectivity index (χ2v) is 4.94. The number of esters is 1. The molecule has 0 saturated heterocycles. The van der Waals surface area contributed by atoms with Crippen molar-refractivity contribution in [2.24, 2.45) is 0 Å². The van der Waals surface area contributed by atoms with Gasteiger partial charge in [0.15, 0.2) is 0 Å². The maximum Gasteiger partial charge on any atom is 0.338 e. The van der Waals surface area contributed by atoms with Gasteiger partial charge < -0.3 is 15.0 Å². The van der Waals surface area contributed by atoms with Gasteiger partial charge in [0.25, 0.3) is 0 Å². The molecule has 2 rings (SSSR count). The number of nitrogens with zero attached hydrogens (tertiary/aromatic N) is 1. The van der Waals surface area contributed by atoms with Gasteiger partial charge >= 0.3 is 12.0 Å². The van der Waals surface area contributed by atoms with Crippen LogP contribution < -0.4 is 5.32 Å². The van der Waals surface area contributed by atoms with Gasteiger partial charge in [-0.2, -0.15) is 0 Å². The van der Waals surface area contributed by atoms with Crippen LogP contribution in [-0.4, -0.2) is 30.6 Å². The highest BCUT2D eigenvalue weighted by Crippen LogP contribution is 2.30. The van der Waals surface area contributed by atoms with E-state index in [2.05, 4.69) is 11.2 Å². The third-order valence-electron chi connectivity index (χ3n) is 3.59. The molecule has 0 fully saturated rings. The quantitative estimate of drug-likeness (QED) is 0.527. The number of carbonyl (C=O) groups excluding carboxylic acids is 2. The van der Waals surface area contributed by atoms with Gasteiger partial charge in [-0.25, -0.2) is 9.59 Å². The molecule has 0 saturated carbocycles. The molecule has 0 aliphatic carbocycles. The lowest BCUT2D eigenvalue weighted by atomic mass is 9.95. The van der Waals surface area contributed by atoms with Crippen LogP contribution in [0.25, 0.3) is 0 Å². The molecule has 1 aromatic carbocycles. The molecule has 5 heteroatoms. The Labute approximate surface area is 129 Å². The first-order valence-electron chi connectivity index (χ1n) is 6.96. The summed E-state index contributed by atoms with van der Waals surface area (Å²) in [6.07, 6.45) is 5.52. The van der Waals surface area contributed by atoms with Gasteiger partial charge in [0.1, 0.15) is 6.61 Å². The van der Waals surface area contributed by atoms with E-state index in [1.807, 2.05) is 30.3 Å². The van der Waals surface area contributed by atoms with Crippen LogP contribution in [0.2, 0.25) is 0 Å². The summed E-state index contributed by atoms with van der Waals surface area (Å²) in [6.45, 7) is 1.89. The Kier molecular flexibility index (Phi) is 4.84. The van der Waals surface area contributed by atoms with E-state index in [9.17, 15) is 9.59 Å². The standard InChI is InChI=1S/C17H18N2O3/c1-4-5-11-22-16(20)14-12(2)19(3)17(21)18-15(14)13-9-7-6-8-10-13/h1,6-10,15H,5,11H2,2-3H3,(H,18,21). The molecule has 114 valence electrons. The van der Waals surface area contributed by atoms with E-state index in [1.165, 1.54) is 4.90 Å². The third kappa shape index (κ3) is 3.12. The minimum absolute atomic E-state index is 0.158. The molecule has 1 heterocycles. The van der Waals surface area contributed by atoms with E-state index in [4.69, 9.17) is 11.2 Å². The second kappa shape index (κ2) is 6.81. The Morgan fingerprint density at radius 1 is 1.41 bits per heavy atom. The van der Waals surface area contributed by atoms with Crippen molar-refractivity contribution in [2.45, 2.75) is 19.4 Å². The number of hydrogen-bond donors (Lipinski definition) is 1. The smallest absolute Gasteiger partial charge is 0.338 e. The number of hydrogen-bond acceptors (Lipinski definition) is 3. The molecular formula is C17H18N2O3. The fraction of sp³-hybridized carbons (Fsp3) is 0.294. The number of urea groups is 1. The van der Waals surface area contributed by atoms with Gasteiger partial charge in [0, 0.05) is 19.2 Å². The summed E-state index contributed by atoms with van der Waals surface area (Å²) >= 11 is 0. The summed E-state index contributed by atoms with van der Waals surface area (Å²) in [5.74, 6) is 1.96. The van der Waals surface area contributed by atoms with E-state index < -0.39 is 12.0 Å². The van der Waals surface area contributed by atoms with Crippen LogP contribution in [0.4, 0.5) is 4.79 Å². The number of terminal acetylenes is 1. The number of benzene rings is 1. The van der Waals surface area contributed by atoms with E-state index in [-0.39, 0.29) is 12.6 Å². The Morgan fingerprint density at radius 3 is 2.73 bits per heavy atom. The van der Waals surface area contributed by atoms with Crippen molar-refractivity contribution in [3.63, 3.8) is 0 Å². The number of carbonyl (C=O) groups is 2. The van der Waals surface area contributed by atoms with E-state index in [0.717, 1.165) is 5.56 Å². The number of nitrogens with one attached hydrogen (secondary N) is 1. The first-order valence-corrected chi connectivity index (χ1v) is 6.96. The summed E-state index contributed by atoms with van der Waals surface area (Å²) in [6, 6.07) is 8.53. The summed E-state index contributed by atoms with van der Waals surface area (Å²) < 4.78 is 5.21. The Balaban J connectivity index is 2.36. The Hall–Kier alpha value is -2.74. The van der Waals surface area contributed by atoms with Crippen molar-refractivity contribution >= 4 is 12.0 Å². The van der Waals surface area contributed by atoms with Gasteiger partial charge in [-0.1, -0.05) is 30.3 Å². The zero-order chi connectivity index (χ0) is 16.1. The largest absolute Gasteiger partial charge is 0.461 e. The average molecular weight is 298 g/mol. The normalized spacial score (nSPS) is 17.8. The first-order chi connectivity index (χ1) is 10.6. The van der Waals surface area contributed by atoms with Crippen LogP contribution >= 0.6 is 0 Å². The molecule has 1 aromatic rings. The fourth-order valence-corrected chi connectivity index (χ4v) is 2.28. The maximum atomic E-state index is 12.4. The van der Waals surface area contributed by atoms with E-state index in [0.29, 0.717) is 17.7 Å². The predicted molar refractivity (Wildman–Crippen MR) is 82.6 cm³/mol. The molecule has 22 heavy (non-hydrogen) atoms. The van der Waals surface area contributed by atoms with E-state index >= 15 is 0 Å². The number of ether oxygens (including phenoxy) is 1. The summed E-state index contributed by atoms with van der Waals surface area (Å²) in [4.78, 5) is 25.8. The van der Waals surface area contributed by atoms with Crippen molar-refractivity contribution < 1.29 is 14.3 Å². The second-order valence-electron chi connectivity index (χ2n) is 4.94. The van der Waals surface area contributed by atoms with Crippen LogP contribution in [0.5, 0.6) is 0 Å². The molecule has 2 amide bonds. The molecule has 1 atom stereocenters. The van der Waals surface area contributed by atoms with Crippen LogP contribution in [-0.2, 0) is 9.53 Å². The summed E-state index contributed by atoms with van der Waals surface area (Å²) in [7, 11) is 1.61. The topological polar surface area (TPSA) is 58.6 Å². The molecule has 1 N–H and O–H groups in total. The van der Waals surface area contributed by atoms with Crippen molar-refractivity contribution in [3.8, 4) is 12.3 Å². The molecule has 0 aromatic heterocycles. The summed E-state index contributed by atoms with van der Waals surface area (Å²) in [5, 5.41) is 2.82. The highest BCUT2D eigenvalue weighted by molar-refractivity contribution is 5.94. The highest BCUT2D eigenvalue weighted by atomic mass is 16.5. The van der Waals surface area contributed by atoms with Crippen LogP contribution in [0, 0.1) is 12.3 Å². The van der Waals surface area contributed by atoms with E-state index in [1.54, 1.807) is 14.0 Å². The summed E-state index contributed by atoms with van der Waals surface area (Å²) in [5.41, 5.74) is 1.82. The zero-order valence-electron chi connectivity index (χ0n) is 12.6. The Morgan fingerprint density at radius 2 is 2.09 bits per heavy atom. The predicted octanol–water partition coefficient (Wildman–Crippen LogP) is 2.22. The van der Waals surface area contributed by atoms with Crippen molar-refractivity contribution in [1.29, 1.82) is 0 Å². The highest BCUT2D eigenvalue weighted by Gasteiger charge is 2.34. The lowest BCUT2D eigenvalue weighted by Crippen LogP contribution is -2.46. The van der Waals surface area contributed by atoms with Crippen molar-refractivity contribution in [3.05, 3.63) is 47.2 Å². The van der Waals surface area contributed by atoms with Gasteiger partial charge in [-0.15, -0.1) is 12.3 Å². The van der Waals surface area contributed by atoms with Crippen LogP contribution in [0.1, 0.15) is 24.9 Å². The average Bonchev–Trinajstić information content (AvgIpc) is 2.53. The molecule has 0 radical (unpaired) electrons. The van der Waals surface area contributed by atoms with Crippen molar-refractivity contribution in [1.82, 2.24) is 10.2 Å². The molecular weight excluding hydrogens is 280 g/mol. The Bertz CT molecular complexity index is 644. The van der Waals surface area contributed by atoms with Gasteiger partial charge in [0.05, 0.1) is 11.6 Å². The number of allylic oxidation sites excluding steroid dienone is 1. The minimum Gasteiger partial charge on any atom is -0.461 e. The molecule has 1 aliphatic heterocycles. The molecule has 1 unspecified atom stereocenters. The third-order valence-corrected chi connectivity index (χ3v) is 3.59. The van der Waals surface area contributed by atoms with Gasteiger partial charge in [-0.3, -0.25) is 0 Å². The van der Waals surface area contributed by atoms with Crippen LogP contribution in [0.15, 0.2) is 41.6 Å². The number of amides is 2.